The molecular weight excluding hydrogens is 1070 g/mol. The number of esters is 1. The Morgan fingerprint density at radius 1 is 0.322 bits per heavy atom. The van der Waals surface area contributed by atoms with E-state index in [1.54, 1.807) is 6.08 Å². The van der Waals surface area contributed by atoms with E-state index in [0.29, 0.717) is 19.4 Å². The molecule has 0 bridgehead atoms. The Balaban J connectivity index is 3.43. The fourth-order valence-corrected chi connectivity index (χ4v) is 12.1. The van der Waals surface area contributed by atoms with Gasteiger partial charge in [-0.2, -0.15) is 0 Å². The van der Waals surface area contributed by atoms with Crippen molar-refractivity contribution in [2.45, 2.75) is 431 Å². The number of amides is 1. The van der Waals surface area contributed by atoms with Gasteiger partial charge in [-0.25, -0.2) is 0 Å². The van der Waals surface area contributed by atoms with E-state index in [1.807, 2.05) is 6.08 Å². The lowest BCUT2D eigenvalue weighted by atomic mass is 10.0. The minimum absolute atomic E-state index is 0.00459. The average molecular weight is 1220 g/mol. The van der Waals surface area contributed by atoms with E-state index in [2.05, 4.69) is 67.8 Å². The van der Waals surface area contributed by atoms with Gasteiger partial charge in [-0.3, -0.25) is 9.59 Å². The number of nitrogens with one attached hydrogen (secondary N) is 1. The van der Waals surface area contributed by atoms with Crippen LogP contribution in [-0.2, 0) is 14.3 Å². The third-order valence-corrected chi connectivity index (χ3v) is 18.0. The molecule has 0 radical (unpaired) electrons. The molecule has 0 fully saturated rings. The number of carbonyl (C=O) groups is 2. The second kappa shape index (κ2) is 76.0. The van der Waals surface area contributed by atoms with Gasteiger partial charge < -0.3 is 20.3 Å². The zero-order valence-electron chi connectivity index (χ0n) is 58.5. The van der Waals surface area contributed by atoms with E-state index in [-0.39, 0.29) is 18.5 Å². The third-order valence-electron chi connectivity index (χ3n) is 18.0. The highest BCUT2D eigenvalue weighted by molar-refractivity contribution is 5.76. The summed E-state index contributed by atoms with van der Waals surface area (Å²) in [6.45, 7) is 4.92. The highest BCUT2D eigenvalue weighted by atomic mass is 16.5. The number of allylic oxidation sites excluding steroid dienone is 9. The minimum atomic E-state index is -0.848. The number of aliphatic hydroxyl groups excluding tert-OH is 2. The Labute approximate surface area is 543 Å². The van der Waals surface area contributed by atoms with Gasteiger partial charge in [0.15, 0.2) is 0 Å². The van der Waals surface area contributed by atoms with Crippen molar-refractivity contribution in [1.82, 2.24) is 5.32 Å². The molecule has 0 aromatic heterocycles. The average Bonchev–Trinajstić information content (AvgIpc) is 3.53. The van der Waals surface area contributed by atoms with Crippen molar-refractivity contribution in [2.24, 2.45) is 0 Å². The molecule has 0 aliphatic heterocycles. The second-order valence-corrected chi connectivity index (χ2v) is 26.7. The Bertz CT molecular complexity index is 1500. The molecule has 2 atom stereocenters. The lowest BCUT2D eigenvalue weighted by molar-refractivity contribution is -0.143. The van der Waals surface area contributed by atoms with Crippen molar-refractivity contribution in [3.8, 4) is 0 Å². The van der Waals surface area contributed by atoms with Crippen LogP contribution in [0.2, 0.25) is 0 Å². The van der Waals surface area contributed by atoms with Gasteiger partial charge in [0.05, 0.1) is 25.4 Å². The Kier molecular flexibility index (Phi) is 73.9. The lowest BCUT2D eigenvalue weighted by Crippen LogP contribution is -2.45. The SMILES string of the molecule is CCCCCC/C=C\C/C=C\CCCCCCCCCC(=O)OCCCCCCCCCCC/C=C\C/C=C\CCCCCCCCCCCCCCCC(=O)NC(CO)C(O)/C=C/CCCCCCCCCCCCCCCCCCCCCCC. The minimum Gasteiger partial charge on any atom is -0.466 e. The van der Waals surface area contributed by atoms with Gasteiger partial charge >= 0.3 is 5.97 Å². The van der Waals surface area contributed by atoms with Crippen LogP contribution >= 0.6 is 0 Å². The monoisotopic (exact) mass is 1220 g/mol. The topological polar surface area (TPSA) is 95.9 Å². The summed E-state index contributed by atoms with van der Waals surface area (Å²) < 4.78 is 5.50. The van der Waals surface area contributed by atoms with Gasteiger partial charge in [0.2, 0.25) is 5.91 Å². The van der Waals surface area contributed by atoms with Gasteiger partial charge in [0.1, 0.15) is 0 Å². The van der Waals surface area contributed by atoms with Crippen LogP contribution in [0.5, 0.6) is 0 Å². The predicted molar refractivity (Wildman–Crippen MR) is 384 cm³/mol. The first-order chi connectivity index (χ1) is 43.0. The molecule has 0 aromatic rings. The van der Waals surface area contributed by atoms with Crippen molar-refractivity contribution < 1.29 is 24.5 Å². The summed E-state index contributed by atoms with van der Waals surface area (Å²) >= 11 is 0. The maximum atomic E-state index is 12.5. The largest absolute Gasteiger partial charge is 0.466 e. The van der Waals surface area contributed by atoms with Crippen LogP contribution in [0.1, 0.15) is 418 Å². The van der Waals surface area contributed by atoms with Crippen LogP contribution in [0.4, 0.5) is 0 Å². The molecule has 6 nitrogen and oxygen atoms in total. The predicted octanol–water partition coefficient (Wildman–Crippen LogP) is 25.8. The van der Waals surface area contributed by atoms with Crippen molar-refractivity contribution in [1.29, 1.82) is 0 Å². The summed E-state index contributed by atoms with van der Waals surface area (Å²) in [7, 11) is 0. The molecule has 6 heteroatoms. The highest BCUT2D eigenvalue weighted by Crippen LogP contribution is 2.19. The Morgan fingerprint density at radius 3 is 0.885 bits per heavy atom. The van der Waals surface area contributed by atoms with Crippen LogP contribution < -0.4 is 5.32 Å². The third kappa shape index (κ3) is 72.5. The molecular formula is C81H151NO5. The normalized spacial score (nSPS) is 12.8. The van der Waals surface area contributed by atoms with E-state index < -0.39 is 12.1 Å². The van der Waals surface area contributed by atoms with Crippen LogP contribution in [0.25, 0.3) is 0 Å². The molecule has 0 saturated carbocycles. The van der Waals surface area contributed by atoms with Gasteiger partial charge in [-0.05, 0) is 96.3 Å². The van der Waals surface area contributed by atoms with Crippen molar-refractivity contribution in [3.05, 3.63) is 60.8 Å². The number of rotatable bonds is 73. The molecule has 0 spiro atoms. The van der Waals surface area contributed by atoms with Gasteiger partial charge in [-0.15, -0.1) is 0 Å². The quantitative estimate of drug-likeness (QED) is 0.0320. The van der Waals surface area contributed by atoms with E-state index >= 15 is 0 Å². The van der Waals surface area contributed by atoms with Crippen LogP contribution in [0.3, 0.4) is 0 Å². The second-order valence-electron chi connectivity index (χ2n) is 26.7. The molecule has 0 saturated heterocycles. The van der Waals surface area contributed by atoms with Crippen LogP contribution in [-0.4, -0.2) is 47.4 Å². The molecule has 1 amide bonds. The van der Waals surface area contributed by atoms with Crippen LogP contribution in [0, 0.1) is 0 Å². The van der Waals surface area contributed by atoms with Crippen LogP contribution in [0.15, 0.2) is 60.8 Å². The number of hydrogen-bond donors (Lipinski definition) is 3. The Morgan fingerprint density at radius 2 is 0.575 bits per heavy atom. The number of unbranched alkanes of at least 4 members (excludes halogenated alkanes) is 54. The molecule has 0 aliphatic rings. The summed E-state index contributed by atoms with van der Waals surface area (Å²) in [5, 5.41) is 23.3. The van der Waals surface area contributed by atoms with Crippen molar-refractivity contribution in [3.63, 3.8) is 0 Å². The summed E-state index contributed by atoms with van der Waals surface area (Å²) in [5.74, 6) is -0.0607. The summed E-state index contributed by atoms with van der Waals surface area (Å²) in [6.07, 6.45) is 102. The fraction of sp³-hybridized carbons (Fsp3) is 0.852. The molecule has 0 aromatic carbocycles. The number of hydrogen-bond acceptors (Lipinski definition) is 5. The van der Waals surface area contributed by atoms with Gasteiger partial charge in [0, 0.05) is 12.8 Å². The molecule has 0 aliphatic carbocycles. The first kappa shape index (κ1) is 84.6. The number of carbonyl (C=O) groups excluding carboxylic acids is 2. The Hall–Kier alpha value is -2.44. The van der Waals surface area contributed by atoms with Gasteiger partial charge in [-0.1, -0.05) is 370 Å². The maximum absolute atomic E-state index is 12.5. The van der Waals surface area contributed by atoms with E-state index in [9.17, 15) is 19.8 Å². The molecule has 3 N–H and O–H groups in total. The molecule has 510 valence electrons. The zero-order valence-corrected chi connectivity index (χ0v) is 58.5. The summed E-state index contributed by atoms with van der Waals surface area (Å²) in [4.78, 5) is 24.7. The number of aliphatic hydroxyl groups is 2. The van der Waals surface area contributed by atoms with E-state index in [0.717, 1.165) is 57.8 Å². The van der Waals surface area contributed by atoms with Gasteiger partial charge in [0.25, 0.3) is 0 Å². The smallest absolute Gasteiger partial charge is 0.305 e. The van der Waals surface area contributed by atoms with E-state index in [1.165, 1.54) is 334 Å². The van der Waals surface area contributed by atoms with E-state index in [4.69, 9.17) is 4.74 Å². The fourth-order valence-electron chi connectivity index (χ4n) is 12.1. The first-order valence-corrected chi connectivity index (χ1v) is 39.1. The summed E-state index contributed by atoms with van der Waals surface area (Å²) in [5.41, 5.74) is 0. The lowest BCUT2D eigenvalue weighted by Gasteiger charge is -2.20. The zero-order chi connectivity index (χ0) is 62.8. The first-order valence-electron chi connectivity index (χ1n) is 39.1. The molecule has 0 heterocycles. The van der Waals surface area contributed by atoms with Crippen molar-refractivity contribution in [2.75, 3.05) is 13.2 Å². The number of ether oxygens (including phenoxy) is 1. The summed E-state index contributed by atoms with van der Waals surface area (Å²) in [6, 6.07) is -0.631. The molecule has 2 unspecified atom stereocenters. The highest BCUT2D eigenvalue weighted by Gasteiger charge is 2.18. The van der Waals surface area contributed by atoms with Crippen molar-refractivity contribution >= 4 is 11.9 Å². The molecule has 87 heavy (non-hydrogen) atoms. The molecule has 0 rings (SSSR count). The standard InChI is InChI=1S/C81H151NO5/c1-3-5-7-9-11-13-15-17-19-21-23-24-32-35-38-41-45-49-53-57-61-65-69-73-79(84)78(77-83)82-80(85)74-70-66-62-58-54-50-46-42-39-36-33-30-28-26-25-27-29-31-34-37-40-44-48-52-56-60-64-68-72-76-87-81(86)75-71-67-63-59-55-51-47-43-22-20-18-16-14-12-10-8-6-4-2/h14,16,20,22,25,27,31,34,69,73,78-79,83-84H,3-13,15,17-19,21,23-24,26,28-30,32-33,35-68,70-72,74-77H2,1-2H3,(H,82,85)/b16-14-,22-20-,27-25-,34-31-,73-69+. The maximum Gasteiger partial charge on any atom is 0.305 e.